The Morgan fingerprint density at radius 1 is 0.704 bits per heavy atom. The second-order valence-corrected chi connectivity index (χ2v) is 9.71. The number of rotatable bonds is 8. The van der Waals surface area contributed by atoms with Crippen molar-refractivity contribution in [1.29, 1.82) is 0 Å². The Labute approximate surface area is 164 Å². The van der Waals surface area contributed by atoms with Crippen molar-refractivity contribution >= 4 is 22.0 Å². The summed E-state index contributed by atoms with van der Waals surface area (Å²) in [6, 6.07) is 17.8. The van der Waals surface area contributed by atoms with Crippen molar-refractivity contribution in [2.75, 3.05) is 23.4 Å². The molecule has 0 aliphatic heterocycles. The molecule has 4 nitrogen and oxygen atoms in total. The third-order valence-electron chi connectivity index (χ3n) is 4.12. The molecular weight excluding hydrogens is 360 g/mol. The van der Waals surface area contributed by atoms with Gasteiger partial charge in [-0.1, -0.05) is 64.1 Å². The van der Waals surface area contributed by atoms with Crippen LogP contribution >= 0.6 is 10.0 Å². The van der Waals surface area contributed by atoms with E-state index in [1.54, 1.807) is 48.5 Å². The molecule has 0 radical (unpaired) electrons. The highest BCUT2D eigenvalue weighted by atomic mass is 32.3. The van der Waals surface area contributed by atoms with Crippen molar-refractivity contribution in [2.45, 2.75) is 27.7 Å². The molecule has 0 aliphatic rings. The zero-order valence-corrected chi connectivity index (χ0v) is 17.5. The molecule has 27 heavy (non-hydrogen) atoms. The lowest BCUT2D eigenvalue weighted by molar-refractivity contribution is 0.0558. The largest absolute Gasteiger partial charge is 0.452 e. The van der Waals surface area contributed by atoms with E-state index in [4.69, 9.17) is 9.47 Å². The fraction of sp³-hybridized carbons (Fsp3) is 0.364. The van der Waals surface area contributed by atoms with Crippen molar-refractivity contribution in [3.8, 4) is 0 Å². The number of hydrogen-bond donors (Lipinski definition) is 0. The number of esters is 2. The van der Waals surface area contributed by atoms with Crippen LogP contribution in [-0.2, 0) is 9.47 Å². The molecule has 0 aliphatic carbocycles. The number of benzene rings is 2. The van der Waals surface area contributed by atoms with E-state index in [-0.39, 0.29) is 11.9 Å². The molecule has 0 bridgehead atoms. The Balaban J connectivity index is 0.00000176. The zero-order valence-electron chi connectivity index (χ0n) is 16.6. The summed E-state index contributed by atoms with van der Waals surface area (Å²) in [4.78, 5) is 24.3. The van der Waals surface area contributed by atoms with E-state index in [0.29, 0.717) is 23.0 Å². The SMILES string of the molecule is CC.CCS(CC)(COC(=O)c1ccccc1)COC(=O)c1ccccc1. The molecule has 0 atom stereocenters. The first kappa shape index (κ1) is 22.8. The highest BCUT2D eigenvalue weighted by molar-refractivity contribution is 8.33. The van der Waals surface area contributed by atoms with E-state index in [1.165, 1.54) is 0 Å². The maximum absolute atomic E-state index is 12.2. The summed E-state index contributed by atoms with van der Waals surface area (Å²) >= 11 is 0. The van der Waals surface area contributed by atoms with E-state index in [9.17, 15) is 9.59 Å². The molecule has 0 heterocycles. The van der Waals surface area contributed by atoms with E-state index in [1.807, 2.05) is 39.8 Å². The molecule has 0 saturated heterocycles. The summed E-state index contributed by atoms with van der Waals surface area (Å²) < 4.78 is 11.0. The van der Waals surface area contributed by atoms with Gasteiger partial charge in [0, 0.05) is 0 Å². The Hall–Kier alpha value is -2.27. The summed E-state index contributed by atoms with van der Waals surface area (Å²) in [5, 5.41) is 0. The second kappa shape index (κ2) is 12.2. The van der Waals surface area contributed by atoms with Gasteiger partial charge in [-0.3, -0.25) is 0 Å². The molecule has 0 spiro atoms. The number of hydrogen-bond acceptors (Lipinski definition) is 4. The van der Waals surface area contributed by atoms with Crippen molar-refractivity contribution in [3.63, 3.8) is 0 Å². The first-order valence-electron chi connectivity index (χ1n) is 9.28. The standard InChI is InChI=1S/C20H24O4S.C2H6/c1-3-25(4-2,15-23-19(21)17-11-7-5-8-12-17)16-24-20(22)18-13-9-6-10-14-18;1-2/h5-14H,3-4,15-16H2,1-2H3;1-2H3. The summed E-state index contributed by atoms with van der Waals surface area (Å²) in [5.74, 6) is 1.58. The summed E-state index contributed by atoms with van der Waals surface area (Å²) in [5.41, 5.74) is 1.06. The van der Waals surface area contributed by atoms with Crippen LogP contribution in [0.25, 0.3) is 0 Å². The Bertz CT molecular complexity index is 624. The van der Waals surface area contributed by atoms with Gasteiger partial charge in [-0.2, -0.15) is 10.0 Å². The maximum atomic E-state index is 12.2. The van der Waals surface area contributed by atoms with Crippen LogP contribution in [0.3, 0.4) is 0 Å². The maximum Gasteiger partial charge on any atom is 0.338 e. The monoisotopic (exact) mass is 390 g/mol. The topological polar surface area (TPSA) is 52.6 Å². The molecule has 148 valence electrons. The lowest BCUT2D eigenvalue weighted by Crippen LogP contribution is -2.22. The van der Waals surface area contributed by atoms with Gasteiger partial charge in [-0.05, 0) is 35.8 Å². The molecule has 2 rings (SSSR count). The summed E-state index contributed by atoms with van der Waals surface area (Å²) in [7, 11) is -1.36. The highest BCUT2D eigenvalue weighted by Gasteiger charge is 2.25. The molecule has 0 fully saturated rings. The van der Waals surface area contributed by atoms with E-state index >= 15 is 0 Å². The van der Waals surface area contributed by atoms with Gasteiger partial charge in [0.05, 0.1) is 11.1 Å². The fourth-order valence-corrected chi connectivity index (χ4v) is 4.10. The van der Waals surface area contributed by atoms with E-state index in [2.05, 4.69) is 0 Å². The van der Waals surface area contributed by atoms with Gasteiger partial charge in [0.2, 0.25) is 0 Å². The van der Waals surface area contributed by atoms with Crippen LogP contribution in [0.1, 0.15) is 48.4 Å². The predicted molar refractivity (Wildman–Crippen MR) is 113 cm³/mol. The highest BCUT2D eigenvalue weighted by Crippen LogP contribution is 2.47. The third-order valence-corrected chi connectivity index (χ3v) is 7.81. The number of carbonyl (C=O) groups excluding carboxylic acids is 2. The molecule has 2 aromatic carbocycles. The Morgan fingerprint density at radius 2 is 1.04 bits per heavy atom. The van der Waals surface area contributed by atoms with Crippen molar-refractivity contribution in [1.82, 2.24) is 0 Å². The minimum Gasteiger partial charge on any atom is -0.452 e. The van der Waals surface area contributed by atoms with Crippen LogP contribution in [0, 0.1) is 0 Å². The molecular formula is C22H30O4S. The quantitative estimate of drug-likeness (QED) is 0.560. The number of carbonyl (C=O) groups is 2. The molecule has 0 amide bonds. The first-order valence-corrected chi connectivity index (χ1v) is 11.6. The Morgan fingerprint density at radius 3 is 1.33 bits per heavy atom. The molecule has 0 aromatic heterocycles. The van der Waals surface area contributed by atoms with Crippen LogP contribution in [-0.4, -0.2) is 35.3 Å². The molecule has 2 aromatic rings. The van der Waals surface area contributed by atoms with Crippen LogP contribution in [0.4, 0.5) is 0 Å². The molecule has 0 unspecified atom stereocenters. The zero-order chi connectivity index (χ0) is 20.1. The van der Waals surface area contributed by atoms with Gasteiger partial charge in [-0.25, -0.2) is 9.59 Å². The van der Waals surface area contributed by atoms with Crippen LogP contribution in [0.15, 0.2) is 60.7 Å². The van der Waals surface area contributed by atoms with Crippen LogP contribution < -0.4 is 0 Å². The van der Waals surface area contributed by atoms with Gasteiger partial charge in [0.1, 0.15) is 11.9 Å². The van der Waals surface area contributed by atoms with Gasteiger partial charge in [-0.15, -0.1) is 0 Å². The minimum absolute atomic E-state index is 0.301. The van der Waals surface area contributed by atoms with Crippen LogP contribution in [0.2, 0.25) is 0 Å². The second-order valence-electron chi connectivity index (χ2n) is 5.63. The first-order chi connectivity index (χ1) is 13.1. The lowest BCUT2D eigenvalue weighted by atomic mass is 10.2. The Kier molecular flexibility index (Phi) is 10.3. The lowest BCUT2D eigenvalue weighted by Gasteiger charge is -2.36. The molecule has 5 heteroatoms. The van der Waals surface area contributed by atoms with Gasteiger partial charge in [0.15, 0.2) is 0 Å². The van der Waals surface area contributed by atoms with Crippen molar-refractivity contribution < 1.29 is 19.1 Å². The predicted octanol–water partition coefficient (Wildman–Crippen LogP) is 5.49. The van der Waals surface area contributed by atoms with Gasteiger partial charge in [0.25, 0.3) is 0 Å². The minimum atomic E-state index is -1.36. The van der Waals surface area contributed by atoms with Crippen LogP contribution in [0.5, 0.6) is 0 Å². The molecule has 0 saturated carbocycles. The number of ether oxygens (including phenoxy) is 2. The molecule has 0 N–H and O–H groups in total. The third kappa shape index (κ3) is 7.10. The van der Waals surface area contributed by atoms with E-state index < -0.39 is 10.0 Å². The normalized spacial score (nSPS) is 11.0. The van der Waals surface area contributed by atoms with Crippen molar-refractivity contribution in [3.05, 3.63) is 71.8 Å². The average molecular weight is 391 g/mol. The fourth-order valence-electron chi connectivity index (χ4n) is 2.24. The smallest absolute Gasteiger partial charge is 0.338 e. The van der Waals surface area contributed by atoms with Crippen molar-refractivity contribution in [2.24, 2.45) is 0 Å². The van der Waals surface area contributed by atoms with E-state index in [0.717, 1.165) is 11.5 Å². The average Bonchev–Trinajstić information content (AvgIpc) is 2.76. The van der Waals surface area contributed by atoms with Gasteiger partial charge < -0.3 is 9.47 Å². The summed E-state index contributed by atoms with van der Waals surface area (Å²) in [6.07, 6.45) is 0. The summed E-state index contributed by atoms with van der Waals surface area (Å²) in [6.45, 7) is 8.09. The van der Waals surface area contributed by atoms with Gasteiger partial charge >= 0.3 is 11.9 Å².